The van der Waals surface area contributed by atoms with Crippen LogP contribution in [0, 0.1) is 5.92 Å². The first-order valence-corrected chi connectivity index (χ1v) is 10.2. The van der Waals surface area contributed by atoms with Gasteiger partial charge in [0, 0.05) is 24.0 Å². The lowest BCUT2D eigenvalue weighted by molar-refractivity contribution is -0.144. The summed E-state index contributed by atoms with van der Waals surface area (Å²) in [5.41, 5.74) is 0.953. The van der Waals surface area contributed by atoms with Crippen molar-refractivity contribution in [3.8, 4) is 11.4 Å². The molecule has 0 spiro atoms. The number of carbonyl (C=O) groups excluding carboxylic acids is 1. The van der Waals surface area contributed by atoms with E-state index in [1.165, 1.54) is 31.0 Å². The lowest BCUT2D eigenvalue weighted by Crippen LogP contribution is -2.23. The number of hydrogen-bond acceptors (Lipinski definition) is 6. The van der Waals surface area contributed by atoms with Crippen LogP contribution in [-0.2, 0) is 9.53 Å². The van der Waals surface area contributed by atoms with Crippen molar-refractivity contribution in [2.75, 3.05) is 5.75 Å². The highest BCUT2D eigenvalue weighted by molar-refractivity contribution is 7.99. The molecule has 0 unspecified atom stereocenters. The Morgan fingerprint density at radius 3 is 2.85 bits per heavy atom. The zero-order valence-corrected chi connectivity index (χ0v) is 16.4. The summed E-state index contributed by atoms with van der Waals surface area (Å²) in [6.07, 6.45) is 8.25. The normalized spacial score (nSPS) is 20.3. The molecule has 1 aliphatic rings. The van der Waals surface area contributed by atoms with Gasteiger partial charge < -0.3 is 4.74 Å². The summed E-state index contributed by atoms with van der Waals surface area (Å²) >= 11 is 1.40. The lowest BCUT2D eigenvalue weighted by Gasteiger charge is -2.31. The van der Waals surface area contributed by atoms with Crippen LogP contribution in [0.25, 0.3) is 11.4 Å². The first-order chi connectivity index (χ1) is 12.6. The molecule has 6 nitrogen and oxygen atoms in total. The summed E-state index contributed by atoms with van der Waals surface area (Å²) < 4.78 is 7.46. The van der Waals surface area contributed by atoms with Crippen LogP contribution < -0.4 is 0 Å². The fourth-order valence-corrected chi connectivity index (χ4v) is 4.24. The molecule has 0 amide bonds. The number of carbonyl (C=O) groups is 1. The fourth-order valence-electron chi connectivity index (χ4n) is 3.47. The highest BCUT2D eigenvalue weighted by Gasteiger charge is 2.29. The molecule has 1 saturated carbocycles. The Balaban J connectivity index is 1.89. The Bertz CT molecular complexity index is 732. The molecular formula is C19H26N4O2S. The molecule has 0 N–H and O–H groups in total. The zero-order chi connectivity index (χ0) is 18.5. The Morgan fingerprint density at radius 1 is 1.35 bits per heavy atom. The minimum absolute atomic E-state index is 0.106. The SMILES string of the molecule is CC(C)OC(=O)CSc1nnc(-c2cccnc2)n1[C@@H]1CCCC[C@@H]1C. The van der Waals surface area contributed by atoms with E-state index in [0.29, 0.717) is 12.0 Å². The van der Waals surface area contributed by atoms with Gasteiger partial charge >= 0.3 is 5.97 Å². The molecule has 0 bridgehead atoms. The van der Waals surface area contributed by atoms with Gasteiger partial charge in [0.2, 0.25) is 0 Å². The molecule has 0 saturated heterocycles. The summed E-state index contributed by atoms with van der Waals surface area (Å²) in [5.74, 6) is 1.40. The van der Waals surface area contributed by atoms with Gasteiger partial charge in [-0.1, -0.05) is 31.5 Å². The van der Waals surface area contributed by atoms with Gasteiger partial charge in [0.15, 0.2) is 11.0 Å². The molecule has 0 aromatic carbocycles. The van der Waals surface area contributed by atoms with Crippen molar-refractivity contribution >= 4 is 17.7 Å². The zero-order valence-electron chi connectivity index (χ0n) is 15.6. The van der Waals surface area contributed by atoms with Crippen LogP contribution >= 0.6 is 11.8 Å². The number of nitrogens with zero attached hydrogens (tertiary/aromatic N) is 4. The molecule has 2 aromatic heterocycles. The van der Waals surface area contributed by atoms with Crippen molar-refractivity contribution in [3.63, 3.8) is 0 Å². The highest BCUT2D eigenvalue weighted by Crippen LogP contribution is 2.38. The van der Waals surface area contributed by atoms with E-state index in [1.54, 1.807) is 6.20 Å². The minimum atomic E-state index is -0.223. The van der Waals surface area contributed by atoms with Crippen LogP contribution in [0.5, 0.6) is 0 Å². The predicted molar refractivity (Wildman–Crippen MR) is 102 cm³/mol. The second-order valence-corrected chi connectivity index (χ2v) is 8.02. The summed E-state index contributed by atoms with van der Waals surface area (Å²) in [6, 6.07) is 4.26. The summed E-state index contributed by atoms with van der Waals surface area (Å²) in [4.78, 5) is 16.2. The maximum absolute atomic E-state index is 11.9. The van der Waals surface area contributed by atoms with Crippen molar-refractivity contribution in [2.45, 2.75) is 63.8 Å². The molecule has 3 rings (SSSR count). The third-order valence-corrected chi connectivity index (χ3v) is 5.58. The van der Waals surface area contributed by atoms with Crippen LogP contribution in [0.2, 0.25) is 0 Å². The van der Waals surface area contributed by atoms with Crippen LogP contribution in [0.3, 0.4) is 0 Å². The van der Waals surface area contributed by atoms with Crippen molar-refractivity contribution in [3.05, 3.63) is 24.5 Å². The van der Waals surface area contributed by atoms with Crippen molar-refractivity contribution in [1.29, 1.82) is 0 Å². The van der Waals surface area contributed by atoms with Gasteiger partial charge in [0.25, 0.3) is 0 Å². The highest BCUT2D eigenvalue weighted by atomic mass is 32.2. The third kappa shape index (κ3) is 4.44. The summed E-state index contributed by atoms with van der Waals surface area (Å²) in [5, 5.41) is 9.61. The number of ether oxygens (including phenoxy) is 1. The van der Waals surface area contributed by atoms with E-state index in [4.69, 9.17) is 4.74 Å². The topological polar surface area (TPSA) is 69.9 Å². The van der Waals surface area contributed by atoms with Crippen LogP contribution in [0.1, 0.15) is 52.5 Å². The molecule has 26 heavy (non-hydrogen) atoms. The fraction of sp³-hybridized carbons (Fsp3) is 0.579. The Labute approximate surface area is 158 Å². The quantitative estimate of drug-likeness (QED) is 0.559. The summed E-state index contributed by atoms with van der Waals surface area (Å²) in [7, 11) is 0. The molecule has 140 valence electrons. The van der Waals surface area contributed by atoms with E-state index < -0.39 is 0 Å². The molecule has 1 aliphatic carbocycles. The van der Waals surface area contributed by atoms with Gasteiger partial charge in [-0.25, -0.2) is 0 Å². The summed E-state index contributed by atoms with van der Waals surface area (Å²) in [6.45, 7) is 6.00. The van der Waals surface area contributed by atoms with Crippen molar-refractivity contribution < 1.29 is 9.53 Å². The standard InChI is InChI=1S/C19H26N4O2S/c1-13(2)25-17(24)12-26-19-22-21-18(15-8-6-10-20-11-15)23(19)16-9-5-4-7-14(16)3/h6,8,10-11,13-14,16H,4-5,7,9,12H2,1-3H3/t14-,16+/m0/s1. The second-order valence-electron chi connectivity index (χ2n) is 7.07. The number of rotatable bonds is 6. The van der Waals surface area contributed by atoms with Gasteiger partial charge in [-0.2, -0.15) is 0 Å². The van der Waals surface area contributed by atoms with E-state index >= 15 is 0 Å². The molecular weight excluding hydrogens is 348 g/mol. The van der Waals surface area contributed by atoms with E-state index in [2.05, 4.69) is 26.7 Å². The van der Waals surface area contributed by atoms with Crippen LogP contribution in [0.4, 0.5) is 0 Å². The maximum Gasteiger partial charge on any atom is 0.316 e. The average Bonchev–Trinajstić information content (AvgIpc) is 3.04. The maximum atomic E-state index is 11.9. The van der Waals surface area contributed by atoms with Gasteiger partial charge in [0.05, 0.1) is 11.9 Å². The van der Waals surface area contributed by atoms with Gasteiger partial charge in [-0.05, 0) is 44.7 Å². The number of hydrogen-bond donors (Lipinski definition) is 0. The second kappa shape index (κ2) is 8.66. The molecule has 2 aromatic rings. The number of pyridine rings is 1. The van der Waals surface area contributed by atoms with E-state index in [9.17, 15) is 4.79 Å². The Morgan fingerprint density at radius 2 is 2.15 bits per heavy atom. The molecule has 0 radical (unpaired) electrons. The predicted octanol–water partition coefficient (Wildman–Crippen LogP) is 4.14. The Hall–Kier alpha value is -1.89. The molecule has 2 atom stereocenters. The molecule has 1 fully saturated rings. The van der Waals surface area contributed by atoms with Crippen LogP contribution in [0.15, 0.2) is 29.7 Å². The van der Waals surface area contributed by atoms with Crippen molar-refractivity contribution in [1.82, 2.24) is 19.7 Å². The minimum Gasteiger partial charge on any atom is -0.462 e. The first kappa shape index (κ1) is 18.9. The number of aromatic nitrogens is 4. The van der Waals surface area contributed by atoms with Gasteiger partial charge in [-0.15, -0.1) is 10.2 Å². The van der Waals surface area contributed by atoms with E-state index in [0.717, 1.165) is 23.0 Å². The third-order valence-electron chi connectivity index (χ3n) is 4.67. The van der Waals surface area contributed by atoms with Crippen LogP contribution in [-0.4, -0.2) is 37.6 Å². The average molecular weight is 375 g/mol. The monoisotopic (exact) mass is 374 g/mol. The molecule has 2 heterocycles. The van der Waals surface area contributed by atoms with Crippen molar-refractivity contribution in [2.24, 2.45) is 5.92 Å². The van der Waals surface area contributed by atoms with Gasteiger partial charge in [-0.3, -0.25) is 14.3 Å². The van der Waals surface area contributed by atoms with E-state index in [-0.39, 0.29) is 17.8 Å². The molecule has 0 aliphatic heterocycles. The van der Waals surface area contributed by atoms with Gasteiger partial charge in [0.1, 0.15) is 0 Å². The first-order valence-electron chi connectivity index (χ1n) is 9.24. The Kier molecular flexibility index (Phi) is 6.29. The largest absolute Gasteiger partial charge is 0.462 e. The lowest BCUT2D eigenvalue weighted by atomic mass is 9.85. The van der Waals surface area contributed by atoms with E-state index in [1.807, 2.05) is 32.2 Å². The number of esters is 1. The number of thioether (sulfide) groups is 1. The molecule has 7 heteroatoms. The smallest absolute Gasteiger partial charge is 0.316 e.